The van der Waals surface area contributed by atoms with Crippen molar-refractivity contribution in [3.8, 4) is 11.3 Å². The molecule has 5 nitrogen and oxygen atoms in total. The minimum Gasteiger partial charge on any atom is -0.368 e. The number of nitrogens with zero attached hydrogens (tertiary/aromatic N) is 5. The average Bonchev–Trinajstić information content (AvgIpc) is 3.23. The van der Waals surface area contributed by atoms with E-state index >= 15 is 0 Å². The molecule has 0 spiro atoms. The van der Waals surface area contributed by atoms with Gasteiger partial charge in [0.15, 0.2) is 0 Å². The fourth-order valence-electron chi connectivity index (χ4n) is 3.75. The van der Waals surface area contributed by atoms with Crippen molar-refractivity contribution >= 4 is 28.9 Å². The highest BCUT2D eigenvalue weighted by molar-refractivity contribution is 6.43. The smallest absolute Gasteiger partial charge is 0.123 e. The molecule has 0 unspecified atom stereocenters. The number of piperazine rings is 1. The topological polar surface area (TPSA) is 37.2 Å². The van der Waals surface area contributed by atoms with Crippen LogP contribution in [0.25, 0.3) is 11.3 Å². The summed E-state index contributed by atoms with van der Waals surface area (Å²) in [4.78, 5) is 4.78. The molecule has 0 aliphatic carbocycles. The van der Waals surface area contributed by atoms with Crippen LogP contribution < -0.4 is 4.90 Å². The van der Waals surface area contributed by atoms with Crippen molar-refractivity contribution in [1.29, 1.82) is 0 Å². The summed E-state index contributed by atoms with van der Waals surface area (Å²) in [5.74, 6) is -0.264. The molecule has 30 heavy (non-hydrogen) atoms. The zero-order valence-corrected chi connectivity index (χ0v) is 18.2. The number of aryl methyl sites for hydroxylation is 1. The van der Waals surface area contributed by atoms with Gasteiger partial charge in [-0.3, -0.25) is 9.58 Å². The maximum atomic E-state index is 13.4. The molecule has 1 aromatic heterocycles. The van der Waals surface area contributed by atoms with E-state index in [-0.39, 0.29) is 5.82 Å². The molecule has 0 N–H and O–H groups in total. The molecule has 8 heteroatoms. The third kappa shape index (κ3) is 5.12. The molecular weight excluding hydrogens is 424 g/mol. The summed E-state index contributed by atoms with van der Waals surface area (Å²) in [6, 6.07) is 12.2. The van der Waals surface area contributed by atoms with Crippen LogP contribution in [0.4, 0.5) is 10.1 Å². The molecule has 2 aromatic carbocycles. The van der Waals surface area contributed by atoms with E-state index in [1.54, 1.807) is 6.07 Å². The Morgan fingerprint density at radius 3 is 2.50 bits per heavy atom. The van der Waals surface area contributed by atoms with E-state index < -0.39 is 0 Å². The fourth-order valence-corrected chi connectivity index (χ4v) is 4.16. The van der Waals surface area contributed by atoms with Crippen LogP contribution in [0.3, 0.4) is 0 Å². The first-order chi connectivity index (χ1) is 14.6. The average molecular weight is 448 g/mol. The van der Waals surface area contributed by atoms with Crippen molar-refractivity contribution < 1.29 is 4.39 Å². The SMILES string of the molecule is Fc1cccc(-c2cn(CCCCN3CCN(c4cccc(Cl)c4Cl)CC3)nn2)c1. The second-order valence-corrected chi connectivity index (χ2v) is 8.27. The molecule has 1 fully saturated rings. The van der Waals surface area contributed by atoms with Crippen LogP contribution in [0.2, 0.25) is 10.0 Å². The van der Waals surface area contributed by atoms with Crippen molar-refractivity contribution in [3.63, 3.8) is 0 Å². The lowest BCUT2D eigenvalue weighted by molar-refractivity contribution is 0.250. The van der Waals surface area contributed by atoms with Gasteiger partial charge in [-0.15, -0.1) is 5.10 Å². The van der Waals surface area contributed by atoms with E-state index in [0.717, 1.165) is 63.4 Å². The Labute approximate surface area is 186 Å². The molecule has 0 bridgehead atoms. The van der Waals surface area contributed by atoms with Gasteiger partial charge in [-0.2, -0.15) is 0 Å². The van der Waals surface area contributed by atoms with E-state index in [0.29, 0.717) is 15.7 Å². The number of anilines is 1. The third-order valence-electron chi connectivity index (χ3n) is 5.41. The molecule has 158 valence electrons. The predicted octanol–water partition coefficient (Wildman–Crippen LogP) is 4.99. The second-order valence-electron chi connectivity index (χ2n) is 7.49. The summed E-state index contributed by atoms with van der Waals surface area (Å²) < 4.78 is 15.2. The zero-order valence-electron chi connectivity index (χ0n) is 16.6. The lowest BCUT2D eigenvalue weighted by Crippen LogP contribution is -2.46. The molecule has 1 aliphatic rings. The van der Waals surface area contributed by atoms with Gasteiger partial charge in [0.2, 0.25) is 0 Å². The van der Waals surface area contributed by atoms with Gasteiger partial charge in [-0.25, -0.2) is 4.39 Å². The van der Waals surface area contributed by atoms with Gasteiger partial charge in [0.25, 0.3) is 0 Å². The van der Waals surface area contributed by atoms with E-state index in [4.69, 9.17) is 23.2 Å². The summed E-state index contributed by atoms with van der Waals surface area (Å²) in [6.45, 7) is 5.77. The van der Waals surface area contributed by atoms with Crippen molar-refractivity contribution in [2.75, 3.05) is 37.6 Å². The van der Waals surface area contributed by atoms with Gasteiger partial charge in [0.05, 0.1) is 21.9 Å². The van der Waals surface area contributed by atoms with Crippen molar-refractivity contribution in [2.24, 2.45) is 0 Å². The van der Waals surface area contributed by atoms with E-state index in [1.165, 1.54) is 12.1 Å². The molecule has 4 rings (SSSR count). The summed E-state index contributed by atoms with van der Waals surface area (Å²) >= 11 is 12.5. The van der Waals surface area contributed by atoms with Gasteiger partial charge in [0.1, 0.15) is 11.5 Å². The Balaban J connectivity index is 1.20. The number of hydrogen-bond donors (Lipinski definition) is 0. The van der Waals surface area contributed by atoms with Gasteiger partial charge in [0, 0.05) is 38.3 Å². The molecule has 2 heterocycles. The number of unbranched alkanes of at least 4 members (excludes halogenated alkanes) is 1. The van der Waals surface area contributed by atoms with Gasteiger partial charge in [-0.05, 0) is 43.7 Å². The highest BCUT2D eigenvalue weighted by atomic mass is 35.5. The first kappa shape index (κ1) is 21.1. The van der Waals surface area contributed by atoms with Gasteiger partial charge in [-0.1, -0.05) is 46.6 Å². The molecule has 0 atom stereocenters. The van der Waals surface area contributed by atoms with E-state index in [9.17, 15) is 4.39 Å². The summed E-state index contributed by atoms with van der Waals surface area (Å²) in [5, 5.41) is 9.56. The van der Waals surface area contributed by atoms with Crippen LogP contribution in [0, 0.1) is 5.82 Å². The molecule has 0 saturated carbocycles. The van der Waals surface area contributed by atoms with E-state index in [1.807, 2.05) is 35.1 Å². The van der Waals surface area contributed by atoms with Gasteiger partial charge < -0.3 is 4.90 Å². The van der Waals surface area contributed by atoms with Crippen LogP contribution >= 0.6 is 23.2 Å². The first-order valence-corrected chi connectivity index (χ1v) is 10.9. The number of aromatic nitrogens is 3. The quantitative estimate of drug-likeness (QED) is 0.477. The van der Waals surface area contributed by atoms with Crippen LogP contribution in [0.5, 0.6) is 0 Å². The Hall–Kier alpha value is -2.15. The van der Waals surface area contributed by atoms with Crippen LogP contribution in [-0.4, -0.2) is 52.6 Å². The highest BCUT2D eigenvalue weighted by Crippen LogP contribution is 2.32. The minimum absolute atomic E-state index is 0.264. The maximum Gasteiger partial charge on any atom is 0.123 e. The largest absolute Gasteiger partial charge is 0.368 e. The van der Waals surface area contributed by atoms with E-state index in [2.05, 4.69) is 20.1 Å². The van der Waals surface area contributed by atoms with Crippen molar-refractivity contribution in [3.05, 3.63) is 64.5 Å². The van der Waals surface area contributed by atoms with Crippen molar-refractivity contribution in [2.45, 2.75) is 19.4 Å². The number of benzene rings is 2. The fraction of sp³-hybridized carbons (Fsp3) is 0.364. The highest BCUT2D eigenvalue weighted by Gasteiger charge is 2.19. The molecule has 0 radical (unpaired) electrons. The maximum absolute atomic E-state index is 13.4. The first-order valence-electron chi connectivity index (χ1n) is 10.2. The third-order valence-corrected chi connectivity index (χ3v) is 6.22. The molecule has 1 saturated heterocycles. The van der Waals surface area contributed by atoms with Crippen LogP contribution in [0.1, 0.15) is 12.8 Å². The Bertz CT molecular complexity index is 985. The number of rotatable bonds is 7. The second kappa shape index (κ2) is 9.77. The summed E-state index contributed by atoms with van der Waals surface area (Å²) in [5.41, 5.74) is 2.47. The molecule has 3 aromatic rings. The van der Waals surface area contributed by atoms with Gasteiger partial charge >= 0.3 is 0 Å². The van der Waals surface area contributed by atoms with Crippen LogP contribution in [0.15, 0.2) is 48.7 Å². The Morgan fingerprint density at radius 1 is 0.933 bits per heavy atom. The standard InChI is InChI=1S/C22H24Cl2FN5/c23-19-7-4-8-21(22(19)24)29-13-11-28(12-14-29)9-1-2-10-30-16-20(26-27-30)17-5-3-6-18(25)15-17/h3-8,15-16H,1-2,9-14H2. The molecular formula is C22H24Cl2FN5. The molecule has 0 amide bonds. The Morgan fingerprint density at radius 2 is 1.70 bits per heavy atom. The lowest BCUT2D eigenvalue weighted by Gasteiger charge is -2.36. The Kier molecular flexibility index (Phi) is 6.87. The van der Waals surface area contributed by atoms with Crippen molar-refractivity contribution in [1.82, 2.24) is 19.9 Å². The lowest BCUT2D eigenvalue weighted by atomic mass is 10.2. The number of hydrogen-bond acceptors (Lipinski definition) is 4. The van der Waals surface area contributed by atoms with Crippen LogP contribution in [-0.2, 0) is 6.54 Å². The molecule has 1 aliphatic heterocycles. The predicted molar refractivity (Wildman–Crippen MR) is 120 cm³/mol. The normalized spacial score (nSPS) is 15.0. The monoisotopic (exact) mass is 447 g/mol. The summed E-state index contributed by atoms with van der Waals surface area (Å²) in [7, 11) is 0. The zero-order chi connectivity index (χ0) is 20.9. The summed E-state index contributed by atoms with van der Waals surface area (Å²) in [6.07, 6.45) is 3.99. The number of halogens is 3. The minimum atomic E-state index is -0.264.